The van der Waals surface area contributed by atoms with Crippen LogP contribution in [0.1, 0.15) is 36.8 Å². The number of nitrogens with one attached hydrogen (secondary N) is 1. The zero-order valence-corrected chi connectivity index (χ0v) is 15.0. The first-order chi connectivity index (χ1) is 12.4. The zero-order chi connectivity index (χ0) is 18.6. The number of piperidine rings is 1. The average molecular weight is 368 g/mol. The van der Waals surface area contributed by atoms with Gasteiger partial charge < -0.3 is 11.1 Å². The quantitative estimate of drug-likeness (QED) is 0.617. The van der Waals surface area contributed by atoms with Gasteiger partial charge in [-0.25, -0.2) is 0 Å². The second-order valence-corrected chi connectivity index (χ2v) is 7.35. The van der Waals surface area contributed by atoms with Crippen molar-refractivity contribution in [3.05, 3.63) is 29.3 Å². The number of hydrogen-bond acceptors (Lipinski definition) is 2. The summed E-state index contributed by atoms with van der Waals surface area (Å²) in [6.45, 7) is 0.830. The Labute approximate surface area is 152 Å². The molecule has 0 unspecified atom stereocenters. The van der Waals surface area contributed by atoms with Crippen LogP contribution in [-0.4, -0.2) is 43.2 Å². The van der Waals surface area contributed by atoms with E-state index in [-0.39, 0.29) is 0 Å². The molecule has 0 spiro atoms. The van der Waals surface area contributed by atoms with Crippen molar-refractivity contribution in [1.82, 2.24) is 4.90 Å². The van der Waals surface area contributed by atoms with Crippen LogP contribution in [0.2, 0.25) is 0 Å². The lowest BCUT2D eigenvalue weighted by Gasteiger charge is -2.32. The van der Waals surface area contributed by atoms with E-state index in [0.29, 0.717) is 31.5 Å². The van der Waals surface area contributed by atoms with Crippen LogP contribution >= 0.6 is 0 Å². The molecule has 2 aliphatic rings. The number of benzene rings is 1. The molecule has 26 heavy (non-hydrogen) atoms. The smallest absolute Gasteiger partial charge is 0.370 e. The van der Waals surface area contributed by atoms with Gasteiger partial charge in [-0.15, -0.1) is 0 Å². The molecule has 7 heteroatoms. The van der Waals surface area contributed by atoms with Gasteiger partial charge in [-0.3, -0.25) is 9.89 Å². The molecule has 1 aliphatic carbocycles. The van der Waals surface area contributed by atoms with Gasteiger partial charge in [-0.2, -0.15) is 13.2 Å². The first kappa shape index (κ1) is 19.0. The van der Waals surface area contributed by atoms with Gasteiger partial charge in [0.25, 0.3) is 0 Å². The number of rotatable bonds is 5. The Balaban J connectivity index is 1.39. The standard InChI is InChI=1S/C19H27F3N4/c20-19(21,22)13-26-10-7-14(8-11-26)6-9-24-18(23)25-17-5-4-15-2-1-3-16(15)12-17/h4-5,12,14H,1-3,6-11,13H2,(H3,23,24,25). The van der Waals surface area contributed by atoms with E-state index in [4.69, 9.17) is 5.73 Å². The molecule has 144 valence electrons. The van der Waals surface area contributed by atoms with Crippen LogP contribution in [0.25, 0.3) is 0 Å². The van der Waals surface area contributed by atoms with Crippen LogP contribution in [-0.2, 0) is 12.8 Å². The molecule has 1 aliphatic heterocycles. The molecular formula is C19H27F3N4. The van der Waals surface area contributed by atoms with E-state index in [1.807, 2.05) is 6.07 Å². The van der Waals surface area contributed by atoms with Crippen molar-refractivity contribution in [2.75, 3.05) is 31.5 Å². The van der Waals surface area contributed by atoms with E-state index in [2.05, 4.69) is 22.4 Å². The maximum absolute atomic E-state index is 12.4. The molecule has 4 nitrogen and oxygen atoms in total. The first-order valence-electron chi connectivity index (χ1n) is 9.37. The number of guanidine groups is 1. The van der Waals surface area contributed by atoms with Crippen LogP contribution in [0.5, 0.6) is 0 Å². The predicted molar refractivity (Wildman–Crippen MR) is 98.4 cm³/mol. The molecule has 3 rings (SSSR count). The molecule has 3 N–H and O–H groups in total. The minimum absolute atomic E-state index is 0.400. The van der Waals surface area contributed by atoms with Gasteiger partial charge in [0.15, 0.2) is 5.96 Å². The Bertz CT molecular complexity index is 634. The van der Waals surface area contributed by atoms with Gasteiger partial charge in [0.1, 0.15) is 0 Å². The number of fused-ring (bicyclic) bond motifs is 1. The third-order valence-corrected chi connectivity index (χ3v) is 5.30. The number of aliphatic imine (C=N–C) groups is 1. The van der Waals surface area contributed by atoms with Crippen molar-refractivity contribution < 1.29 is 13.2 Å². The number of nitrogens with zero attached hydrogens (tertiary/aromatic N) is 2. The second kappa shape index (κ2) is 8.29. The lowest BCUT2D eigenvalue weighted by molar-refractivity contribution is -0.148. The topological polar surface area (TPSA) is 53.6 Å². The molecule has 1 aromatic carbocycles. The summed E-state index contributed by atoms with van der Waals surface area (Å²) in [5, 5.41) is 3.14. The first-order valence-corrected chi connectivity index (χ1v) is 9.37. The number of aryl methyl sites for hydroxylation is 2. The van der Waals surface area contributed by atoms with Crippen molar-refractivity contribution in [2.24, 2.45) is 16.6 Å². The molecule has 1 heterocycles. The highest BCUT2D eigenvalue weighted by molar-refractivity contribution is 5.92. The minimum atomic E-state index is -4.10. The summed E-state index contributed by atoms with van der Waals surface area (Å²) < 4.78 is 37.2. The van der Waals surface area contributed by atoms with E-state index >= 15 is 0 Å². The molecule has 0 atom stereocenters. The van der Waals surface area contributed by atoms with Crippen LogP contribution in [0.15, 0.2) is 23.2 Å². The largest absolute Gasteiger partial charge is 0.401 e. The molecule has 0 radical (unpaired) electrons. The van der Waals surface area contributed by atoms with E-state index < -0.39 is 12.7 Å². The van der Waals surface area contributed by atoms with E-state index in [1.54, 1.807) is 0 Å². The van der Waals surface area contributed by atoms with Crippen molar-refractivity contribution in [3.8, 4) is 0 Å². The Morgan fingerprint density at radius 3 is 2.65 bits per heavy atom. The predicted octanol–water partition coefficient (Wildman–Crippen LogP) is 3.57. The maximum Gasteiger partial charge on any atom is 0.401 e. The number of alkyl halides is 3. The number of halogens is 3. The summed E-state index contributed by atoms with van der Waals surface area (Å²) in [4.78, 5) is 5.86. The number of nitrogens with two attached hydrogens (primary N) is 1. The van der Waals surface area contributed by atoms with Crippen molar-refractivity contribution in [2.45, 2.75) is 44.7 Å². The van der Waals surface area contributed by atoms with E-state index in [0.717, 1.165) is 37.8 Å². The van der Waals surface area contributed by atoms with Crippen LogP contribution in [0.4, 0.5) is 18.9 Å². The molecule has 0 aromatic heterocycles. The van der Waals surface area contributed by atoms with Gasteiger partial charge >= 0.3 is 6.18 Å². The Hall–Kier alpha value is -1.76. The van der Waals surface area contributed by atoms with Gasteiger partial charge in [-0.1, -0.05) is 6.07 Å². The number of hydrogen-bond donors (Lipinski definition) is 2. The second-order valence-electron chi connectivity index (χ2n) is 7.35. The Morgan fingerprint density at radius 2 is 1.92 bits per heavy atom. The fourth-order valence-electron chi connectivity index (χ4n) is 3.89. The summed E-state index contributed by atoms with van der Waals surface area (Å²) in [7, 11) is 0. The minimum Gasteiger partial charge on any atom is -0.370 e. The zero-order valence-electron chi connectivity index (χ0n) is 15.0. The SMILES string of the molecule is NC(=NCCC1CCN(CC(F)(F)F)CC1)Nc1ccc2c(c1)CCC2. The molecule has 1 saturated heterocycles. The molecule has 0 amide bonds. The van der Waals surface area contributed by atoms with Crippen LogP contribution < -0.4 is 11.1 Å². The molecule has 1 fully saturated rings. The van der Waals surface area contributed by atoms with Crippen LogP contribution in [0, 0.1) is 5.92 Å². The van der Waals surface area contributed by atoms with Crippen LogP contribution in [0.3, 0.4) is 0 Å². The highest BCUT2D eigenvalue weighted by Crippen LogP contribution is 2.25. The van der Waals surface area contributed by atoms with Gasteiger partial charge in [0.05, 0.1) is 6.54 Å². The summed E-state index contributed by atoms with van der Waals surface area (Å²) in [6, 6.07) is 6.32. The third kappa shape index (κ3) is 5.62. The van der Waals surface area contributed by atoms with Gasteiger partial charge in [0, 0.05) is 12.2 Å². The average Bonchev–Trinajstić information content (AvgIpc) is 3.03. The summed E-state index contributed by atoms with van der Waals surface area (Å²) in [5.41, 5.74) is 9.73. The van der Waals surface area contributed by atoms with Gasteiger partial charge in [0.2, 0.25) is 0 Å². The lowest BCUT2D eigenvalue weighted by Crippen LogP contribution is -2.40. The molecule has 1 aromatic rings. The normalized spacial score (nSPS) is 19.6. The maximum atomic E-state index is 12.4. The lowest BCUT2D eigenvalue weighted by atomic mass is 9.93. The molecule has 0 bridgehead atoms. The monoisotopic (exact) mass is 368 g/mol. The highest BCUT2D eigenvalue weighted by Gasteiger charge is 2.32. The Kier molecular flexibility index (Phi) is 6.06. The van der Waals surface area contributed by atoms with E-state index in [9.17, 15) is 13.2 Å². The fourth-order valence-corrected chi connectivity index (χ4v) is 3.89. The summed E-state index contributed by atoms with van der Waals surface area (Å²) >= 11 is 0. The van der Waals surface area contributed by atoms with Crippen molar-refractivity contribution in [3.63, 3.8) is 0 Å². The number of likely N-dealkylation sites (tertiary alicyclic amines) is 1. The number of anilines is 1. The highest BCUT2D eigenvalue weighted by atomic mass is 19.4. The summed E-state index contributed by atoms with van der Waals surface area (Å²) in [6.07, 6.45) is 1.84. The molecule has 0 saturated carbocycles. The van der Waals surface area contributed by atoms with Gasteiger partial charge in [-0.05, 0) is 80.8 Å². The van der Waals surface area contributed by atoms with E-state index in [1.165, 1.54) is 22.4 Å². The summed E-state index contributed by atoms with van der Waals surface area (Å²) in [5.74, 6) is 0.827. The fraction of sp³-hybridized carbons (Fsp3) is 0.632. The Morgan fingerprint density at radius 1 is 1.19 bits per heavy atom. The van der Waals surface area contributed by atoms with Crippen molar-refractivity contribution >= 4 is 11.6 Å². The molecular weight excluding hydrogens is 341 g/mol. The third-order valence-electron chi connectivity index (χ3n) is 5.30. The van der Waals surface area contributed by atoms with Crippen molar-refractivity contribution in [1.29, 1.82) is 0 Å².